The lowest BCUT2D eigenvalue weighted by Gasteiger charge is -2.37. The number of aromatic nitrogens is 3. The fourth-order valence-electron chi connectivity index (χ4n) is 5.56. The highest BCUT2D eigenvalue weighted by Gasteiger charge is 2.41. The van der Waals surface area contributed by atoms with E-state index in [0.29, 0.717) is 29.7 Å². The number of hydrogen-bond donors (Lipinski definition) is 1. The van der Waals surface area contributed by atoms with Gasteiger partial charge in [0.05, 0.1) is 56.3 Å². The minimum atomic E-state index is -4.65. The van der Waals surface area contributed by atoms with Crippen molar-refractivity contribution in [2.24, 2.45) is 0 Å². The smallest absolute Gasteiger partial charge is 0.416 e. The third-order valence-electron chi connectivity index (χ3n) is 7.87. The van der Waals surface area contributed by atoms with Gasteiger partial charge in [-0.3, -0.25) is 4.90 Å². The Morgan fingerprint density at radius 3 is 2.45 bits per heavy atom. The molecule has 0 saturated heterocycles. The number of anilines is 2. The van der Waals surface area contributed by atoms with Crippen LogP contribution in [0, 0.1) is 11.3 Å². The number of alkyl halides is 3. The van der Waals surface area contributed by atoms with Crippen LogP contribution in [-0.4, -0.2) is 92.0 Å². The van der Waals surface area contributed by atoms with Gasteiger partial charge in [0.2, 0.25) is 16.0 Å². The average molecular weight is 708 g/mol. The van der Waals surface area contributed by atoms with E-state index in [4.69, 9.17) is 14.6 Å². The summed E-state index contributed by atoms with van der Waals surface area (Å²) in [6.45, 7) is 1.74. The molecule has 2 aromatic carbocycles. The number of esters is 1. The van der Waals surface area contributed by atoms with Crippen molar-refractivity contribution in [1.82, 2.24) is 19.1 Å². The zero-order valence-electron chi connectivity index (χ0n) is 27.6. The van der Waals surface area contributed by atoms with Gasteiger partial charge in [0, 0.05) is 43.9 Å². The SMILES string of the molecule is COC(=O)C1=C(C)N(c2cccc(C(F)(F)F)c2)c2n[nH]c(=O)n2[C@@H]1c1ccc(C#N)cc1C[N+](C)(C)CCCS(=O)(=O)N(C)C.O=C[O-]. The van der Waals surface area contributed by atoms with E-state index in [1.807, 2.05) is 14.1 Å². The number of hydrogen-bond acceptors (Lipinski definition) is 10. The number of methoxy groups -OCH3 is 1. The largest absolute Gasteiger partial charge is 0.554 e. The quantitative estimate of drug-likeness (QED) is 0.186. The number of carbonyl (C=O) groups excluding carboxylic acids is 2. The first-order valence-corrected chi connectivity index (χ1v) is 16.2. The molecule has 0 aliphatic carbocycles. The molecular formula is C31H36F3N7O7S. The lowest BCUT2D eigenvalue weighted by atomic mass is 9.89. The first kappa shape index (κ1) is 38.5. The Bertz CT molecular complexity index is 1940. The van der Waals surface area contributed by atoms with Crippen molar-refractivity contribution in [3.05, 3.63) is 86.5 Å². The van der Waals surface area contributed by atoms with Crippen molar-refractivity contribution < 1.29 is 45.5 Å². The van der Waals surface area contributed by atoms with Crippen LogP contribution in [0.2, 0.25) is 0 Å². The number of nitrogens with zero attached hydrogens (tertiary/aromatic N) is 6. The predicted octanol–water partition coefficient (Wildman–Crippen LogP) is 1.87. The molecule has 1 atom stereocenters. The van der Waals surface area contributed by atoms with Gasteiger partial charge in [-0.05, 0) is 42.8 Å². The van der Waals surface area contributed by atoms with E-state index in [1.165, 1.54) is 48.7 Å². The highest BCUT2D eigenvalue weighted by molar-refractivity contribution is 7.89. The molecule has 264 valence electrons. The van der Waals surface area contributed by atoms with Crippen molar-refractivity contribution in [1.29, 1.82) is 5.26 Å². The molecule has 0 spiro atoms. The third kappa shape index (κ3) is 8.54. The Morgan fingerprint density at radius 1 is 1.22 bits per heavy atom. The van der Waals surface area contributed by atoms with Crippen LogP contribution in [0.25, 0.3) is 0 Å². The predicted molar refractivity (Wildman–Crippen MR) is 169 cm³/mol. The number of carbonyl (C=O) groups is 2. The number of ether oxygens (including phenoxy) is 1. The molecule has 1 aliphatic rings. The molecule has 14 nitrogen and oxygen atoms in total. The normalized spacial score (nSPS) is 14.9. The summed E-state index contributed by atoms with van der Waals surface area (Å²) in [5, 5.41) is 24.5. The zero-order valence-corrected chi connectivity index (χ0v) is 28.4. The van der Waals surface area contributed by atoms with E-state index in [0.717, 1.165) is 23.5 Å². The lowest BCUT2D eigenvalue weighted by molar-refractivity contribution is -0.903. The van der Waals surface area contributed by atoms with Crippen molar-refractivity contribution >= 4 is 34.1 Å². The molecule has 0 bridgehead atoms. The standard InChI is InChI=1S/C30H34F3N7O5S.CH2O2/c1-19-25(27(41)45-6)26(39-28(35-36-29(39)42)38(19)23-10-7-9-22(16-23)30(31,32)33)24-12-11-20(17-34)15-21(24)18-40(4,5)13-8-14-46(43,44)37(2)3;2-1-3/h7,9-12,15-16,26H,8,13-14,18H2,1-6H3;1H,(H,2,3)/t26-;/m1./s1. The van der Waals surface area contributed by atoms with Crippen LogP contribution in [0.5, 0.6) is 0 Å². The van der Waals surface area contributed by atoms with Crippen LogP contribution in [0.15, 0.2) is 58.5 Å². The fraction of sp³-hybridized carbons (Fsp3) is 0.387. The van der Waals surface area contributed by atoms with Crippen LogP contribution in [0.3, 0.4) is 0 Å². The third-order valence-corrected chi connectivity index (χ3v) is 9.78. The molecule has 49 heavy (non-hydrogen) atoms. The molecule has 0 radical (unpaired) electrons. The first-order chi connectivity index (χ1) is 22.8. The number of aromatic amines is 1. The molecule has 18 heteroatoms. The molecular weight excluding hydrogens is 671 g/mol. The van der Waals surface area contributed by atoms with Crippen LogP contribution in [-0.2, 0) is 37.1 Å². The van der Waals surface area contributed by atoms with Crippen LogP contribution >= 0.6 is 0 Å². The average Bonchev–Trinajstić information content (AvgIpc) is 3.40. The molecule has 1 aliphatic heterocycles. The highest BCUT2D eigenvalue weighted by Crippen LogP contribution is 2.43. The van der Waals surface area contributed by atoms with Gasteiger partial charge in [-0.2, -0.15) is 18.4 Å². The maximum Gasteiger partial charge on any atom is 0.416 e. The summed E-state index contributed by atoms with van der Waals surface area (Å²) in [6, 6.07) is 10.2. The number of rotatable bonds is 10. The summed E-state index contributed by atoms with van der Waals surface area (Å²) in [7, 11) is 4.45. The number of carboxylic acid groups (broad SMARTS) is 1. The number of H-pyrrole nitrogens is 1. The van der Waals surface area contributed by atoms with Gasteiger partial charge in [-0.15, -0.1) is 5.10 Å². The molecule has 0 amide bonds. The maximum absolute atomic E-state index is 13.6. The van der Waals surface area contributed by atoms with E-state index < -0.39 is 45.9 Å². The monoisotopic (exact) mass is 707 g/mol. The molecule has 1 aromatic heterocycles. The summed E-state index contributed by atoms with van der Waals surface area (Å²) in [5.74, 6) is -0.947. The summed E-state index contributed by atoms with van der Waals surface area (Å²) < 4.78 is 73.4. The van der Waals surface area contributed by atoms with E-state index in [2.05, 4.69) is 16.3 Å². The topological polar surface area (TPSA) is 182 Å². The number of nitrogens with one attached hydrogen (secondary N) is 1. The van der Waals surface area contributed by atoms with Crippen molar-refractivity contribution in [3.63, 3.8) is 0 Å². The number of quaternary nitrogens is 1. The van der Waals surface area contributed by atoms with E-state index in [1.54, 1.807) is 12.1 Å². The van der Waals surface area contributed by atoms with Gasteiger partial charge in [0.15, 0.2) is 0 Å². The molecule has 4 rings (SSSR count). The fourth-order valence-corrected chi connectivity index (χ4v) is 6.41. The number of nitriles is 1. The van der Waals surface area contributed by atoms with E-state index in [9.17, 15) is 36.4 Å². The first-order valence-electron chi connectivity index (χ1n) is 14.6. The number of sulfonamides is 1. The Balaban J connectivity index is 0.00000209. The van der Waals surface area contributed by atoms with Gasteiger partial charge in [0.25, 0.3) is 0 Å². The van der Waals surface area contributed by atoms with Crippen molar-refractivity contribution in [2.75, 3.05) is 52.5 Å². The van der Waals surface area contributed by atoms with Crippen molar-refractivity contribution in [2.45, 2.75) is 32.1 Å². The number of halogens is 3. The van der Waals surface area contributed by atoms with E-state index in [-0.39, 0.29) is 39.7 Å². The molecule has 0 saturated carbocycles. The second-order valence-electron chi connectivity index (χ2n) is 11.9. The second-order valence-corrected chi connectivity index (χ2v) is 14.2. The Labute approximate surface area is 280 Å². The Morgan fingerprint density at radius 2 is 1.88 bits per heavy atom. The minimum absolute atomic E-state index is 0.0120. The molecule has 2 heterocycles. The lowest BCUT2D eigenvalue weighted by Crippen LogP contribution is -2.42. The zero-order chi connectivity index (χ0) is 36.9. The van der Waals surface area contributed by atoms with Gasteiger partial charge in [-0.1, -0.05) is 12.1 Å². The summed E-state index contributed by atoms with van der Waals surface area (Å²) in [6.07, 6.45) is -4.31. The number of fused-ring (bicyclic) bond motifs is 1. The summed E-state index contributed by atoms with van der Waals surface area (Å²) in [4.78, 5) is 36.4. The summed E-state index contributed by atoms with van der Waals surface area (Å²) in [5.41, 5.74) is -0.136. The number of allylic oxidation sites excluding steroid dienone is 1. The molecule has 0 unspecified atom stereocenters. The van der Waals surface area contributed by atoms with Crippen LogP contribution < -0.4 is 15.7 Å². The van der Waals surface area contributed by atoms with Gasteiger partial charge in [-0.25, -0.2) is 32.0 Å². The van der Waals surface area contributed by atoms with Crippen molar-refractivity contribution in [3.8, 4) is 6.07 Å². The van der Waals surface area contributed by atoms with E-state index >= 15 is 0 Å². The molecule has 3 aromatic rings. The van der Waals surface area contributed by atoms with Gasteiger partial charge in [0.1, 0.15) is 12.6 Å². The van der Waals surface area contributed by atoms with Crippen LogP contribution in [0.1, 0.15) is 41.6 Å². The number of benzene rings is 2. The Hall–Kier alpha value is -4.99. The maximum atomic E-state index is 13.6. The Kier molecular flexibility index (Phi) is 11.8. The highest BCUT2D eigenvalue weighted by atomic mass is 32.2. The van der Waals surface area contributed by atoms with Gasteiger partial charge < -0.3 is 19.1 Å². The summed E-state index contributed by atoms with van der Waals surface area (Å²) >= 11 is 0. The molecule has 1 N–H and O–H groups in total. The van der Waals surface area contributed by atoms with Crippen LogP contribution in [0.4, 0.5) is 24.8 Å². The second kappa shape index (κ2) is 15.1. The minimum Gasteiger partial charge on any atom is -0.554 e. The molecule has 0 fully saturated rings. The van der Waals surface area contributed by atoms with Gasteiger partial charge >= 0.3 is 17.8 Å².